The fraction of sp³-hybridized carbons (Fsp3) is 0.278. The number of hydrogen-bond donors (Lipinski definition) is 0. The zero-order chi connectivity index (χ0) is 16.1. The molecule has 0 unspecified atom stereocenters. The molecule has 114 valence electrons. The fourth-order valence-electron chi connectivity index (χ4n) is 2.17. The second-order valence-electron chi connectivity index (χ2n) is 5.06. The van der Waals surface area contributed by atoms with Crippen LogP contribution in [0.1, 0.15) is 19.4 Å². The zero-order valence-corrected chi connectivity index (χ0v) is 13.2. The van der Waals surface area contributed by atoms with Crippen molar-refractivity contribution in [3.05, 3.63) is 42.0 Å². The molecule has 0 heterocycles. The number of hydrogen-bond acceptors (Lipinski definition) is 4. The lowest BCUT2D eigenvalue weighted by Crippen LogP contribution is -2.07. The first-order valence-corrected chi connectivity index (χ1v) is 7.02. The van der Waals surface area contributed by atoms with Crippen LogP contribution in [0.15, 0.2) is 36.4 Å². The van der Waals surface area contributed by atoms with Crippen molar-refractivity contribution in [2.45, 2.75) is 20.0 Å². The van der Waals surface area contributed by atoms with E-state index in [2.05, 4.69) is 6.07 Å². The average Bonchev–Trinajstić information content (AvgIpc) is 2.53. The van der Waals surface area contributed by atoms with Gasteiger partial charge in [0.2, 0.25) is 0 Å². The molecule has 4 heteroatoms. The van der Waals surface area contributed by atoms with Crippen molar-refractivity contribution in [3.63, 3.8) is 0 Å². The van der Waals surface area contributed by atoms with Gasteiger partial charge in [-0.3, -0.25) is 0 Å². The summed E-state index contributed by atoms with van der Waals surface area (Å²) in [5.74, 6) is 2.01. The third-order valence-electron chi connectivity index (χ3n) is 3.18. The normalized spacial score (nSPS) is 10.2. The maximum absolute atomic E-state index is 9.19. The Morgan fingerprint density at radius 1 is 0.955 bits per heavy atom. The molecule has 0 saturated heterocycles. The van der Waals surface area contributed by atoms with Gasteiger partial charge >= 0.3 is 0 Å². The van der Waals surface area contributed by atoms with Crippen LogP contribution in [0.4, 0.5) is 0 Å². The summed E-state index contributed by atoms with van der Waals surface area (Å²) in [6.45, 7) is 3.86. The molecule has 0 saturated carbocycles. The summed E-state index contributed by atoms with van der Waals surface area (Å²) in [5, 5.41) is 9.19. The zero-order valence-electron chi connectivity index (χ0n) is 13.2. The predicted molar refractivity (Wildman–Crippen MR) is 85.5 cm³/mol. The molecular weight excluding hydrogens is 278 g/mol. The molecule has 0 amide bonds. The van der Waals surface area contributed by atoms with E-state index in [1.807, 2.05) is 44.2 Å². The third-order valence-corrected chi connectivity index (χ3v) is 3.18. The van der Waals surface area contributed by atoms with Crippen molar-refractivity contribution in [1.29, 1.82) is 5.26 Å². The molecular formula is C18H19NO3. The predicted octanol–water partition coefficient (Wildman–Crippen LogP) is 4.03. The molecule has 0 aliphatic carbocycles. The van der Waals surface area contributed by atoms with E-state index < -0.39 is 0 Å². The molecule has 0 radical (unpaired) electrons. The highest BCUT2D eigenvalue weighted by atomic mass is 16.5. The second kappa shape index (κ2) is 6.86. The van der Waals surface area contributed by atoms with Crippen LogP contribution in [0.25, 0.3) is 11.1 Å². The summed E-state index contributed by atoms with van der Waals surface area (Å²) in [7, 11) is 3.23. The molecule has 2 rings (SSSR count). The quantitative estimate of drug-likeness (QED) is 0.836. The minimum atomic E-state index is 0.000105. The van der Waals surface area contributed by atoms with E-state index in [-0.39, 0.29) is 6.10 Å². The lowest BCUT2D eigenvalue weighted by molar-refractivity contribution is 0.242. The van der Waals surface area contributed by atoms with Crippen molar-refractivity contribution < 1.29 is 14.2 Å². The lowest BCUT2D eigenvalue weighted by atomic mass is 10.0. The van der Waals surface area contributed by atoms with E-state index in [9.17, 15) is 5.26 Å². The summed E-state index contributed by atoms with van der Waals surface area (Å²) in [5.41, 5.74) is 2.36. The minimum Gasteiger partial charge on any atom is -0.497 e. The van der Waals surface area contributed by atoms with Gasteiger partial charge in [0.25, 0.3) is 0 Å². The van der Waals surface area contributed by atoms with E-state index in [4.69, 9.17) is 14.2 Å². The van der Waals surface area contributed by atoms with Crippen molar-refractivity contribution in [2.24, 2.45) is 0 Å². The Bertz CT molecular complexity index is 702. The Kier molecular flexibility index (Phi) is 4.90. The van der Waals surface area contributed by atoms with Crippen LogP contribution < -0.4 is 14.2 Å². The van der Waals surface area contributed by atoms with Crippen LogP contribution >= 0.6 is 0 Å². The van der Waals surface area contributed by atoms with Gasteiger partial charge in [-0.05, 0) is 43.7 Å². The molecule has 22 heavy (non-hydrogen) atoms. The Balaban J connectivity index is 2.51. The van der Waals surface area contributed by atoms with Crippen LogP contribution in [-0.2, 0) is 0 Å². The monoisotopic (exact) mass is 297 g/mol. The number of methoxy groups -OCH3 is 2. The Morgan fingerprint density at radius 2 is 1.73 bits per heavy atom. The summed E-state index contributed by atoms with van der Waals surface area (Å²) >= 11 is 0. The third kappa shape index (κ3) is 3.32. The van der Waals surface area contributed by atoms with Gasteiger partial charge in [0.15, 0.2) is 0 Å². The highest BCUT2D eigenvalue weighted by molar-refractivity contribution is 5.73. The molecule has 0 aliphatic rings. The number of ether oxygens (including phenoxy) is 3. The smallest absolute Gasteiger partial charge is 0.138 e. The Hall–Kier alpha value is -2.67. The first-order chi connectivity index (χ1) is 10.6. The fourth-order valence-corrected chi connectivity index (χ4v) is 2.17. The SMILES string of the molecule is COc1ccc(-c2ccc(C#N)c(OC(C)C)c2)c(OC)c1. The van der Waals surface area contributed by atoms with E-state index in [1.54, 1.807) is 20.3 Å². The molecule has 0 aromatic heterocycles. The van der Waals surface area contributed by atoms with Crippen LogP contribution in [0.5, 0.6) is 17.2 Å². The van der Waals surface area contributed by atoms with Crippen LogP contribution in [0, 0.1) is 11.3 Å². The van der Waals surface area contributed by atoms with Crippen LogP contribution in [-0.4, -0.2) is 20.3 Å². The first kappa shape index (κ1) is 15.7. The molecule has 0 N–H and O–H groups in total. The van der Waals surface area contributed by atoms with Crippen molar-refractivity contribution in [3.8, 4) is 34.4 Å². The van der Waals surface area contributed by atoms with Gasteiger partial charge in [-0.1, -0.05) is 6.07 Å². The largest absolute Gasteiger partial charge is 0.497 e. The van der Waals surface area contributed by atoms with Crippen molar-refractivity contribution in [1.82, 2.24) is 0 Å². The number of rotatable bonds is 5. The summed E-state index contributed by atoms with van der Waals surface area (Å²) < 4.78 is 16.4. The van der Waals surface area contributed by atoms with Crippen molar-refractivity contribution >= 4 is 0 Å². The van der Waals surface area contributed by atoms with Crippen LogP contribution in [0.3, 0.4) is 0 Å². The maximum Gasteiger partial charge on any atom is 0.138 e. The highest BCUT2D eigenvalue weighted by Gasteiger charge is 2.12. The average molecular weight is 297 g/mol. The van der Waals surface area contributed by atoms with Gasteiger partial charge in [0.05, 0.1) is 25.9 Å². The van der Waals surface area contributed by atoms with E-state index in [1.165, 1.54) is 0 Å². The van der Waals surface area contributed by atoms with Gasteiger partial charge in [-0.25, -0.2) is 0 Å². The summed E-state index contributed by atoms with van der Waals surface area (Å²) in [4.78, 5) is 0. The highest BCUT2D eigenvalue weighted by Crippen LogP contribution is 2.35. The van der Waals surface area contributed by atoms with E-state index in [0.717, 1.165) is 16.9 Å². The van der Waals surface area contributed by atoms with Crippen LogP contribution in [0.2, 0.25) is 0 Å². The molecule has 0 bridgehead atoms. The molecule has 0 atom stereocenters. The summed E-state index contributed by atoms with van der Waals surface area (Å²) in [6, 6.07) is 13.3. The van der Waals surface area contributed by atoms with Gasteiger partial charge in [-0.15, -0.1) is 0 Å². The van der Waals surface area contributed by atoms with E-state index in [0.29, 0.717) is 17.1 Å². The molecule has 0 fully saturated rings. The lowest BCUT2D eigenvalue weighted by Gasteiger charge is -2.14. The Labute approximate surface area is 130 Å². The van der Waals surface area contributed by atoms with Gasteiger partial charge in [0.1, 0.15) is 23.3 Å². The topological polar surface area (TPSA) is 51.5 Å². The number of benzene rings is 2. The minimum absolute atomic E-state index is 0.000105. The second-order valence-corrected chi connectivity index (χ2v) is 5.06. The molecule has 0 aliphatic heterocycles. The number of nitriles is 1. The van der Waals surface area contributed by atoms with Crippen molar-refractivity contribution in [2.75, 3.05) is 14.2 Å². The number of nitrogens with zero attached hydrogens (tertiary/aromatic N) is 1. The van der Waals surface area contributed by atoms with E-state index >= 15 is 0 Å². The first-order valence-electron chi connectivity index (χ1n) is 7.02. The molecule has 2 aromatic carbocycles. The molecule has 0 spiro atoms. The molecule has 2 aromatic rings. The van der Waals surface area contributed by atoms with Gasteiger partial charge < -0.3 is 14.2 Å². The molecule has 4 nitrogen and oxygen atoms in total. The maximum atomic E-state index is 9.19. The standard InChI is InChI=1S/C18H19NO3/c1-12(2)22-17-9-13(5-6-14(17)11-19)16-8-7-15(20-3)10-18(16)21-4/h5-10,12H,1-4H3. The summed E-state index contributed by atoms with van der Waals surface area (Å²) in [6.07, 6.45) is 0.000105. The van der Waals surface area contributed by atoms with Gasteiger partial charge in [-0.2, -0.15) is 5.26 Å². The Morgan fingerprint density at radius 3 is 2.32 bits per heavy atom. The van der Waals surface area contributed by atoms with Gasteiger partial charge in [0, 0.05) is 11.6 Å².